The van der Waals surface area contributed by atoms with Crippen LogP contribution in [0.4, 0.5) is 11.4 Å². The summed E-state index contributed by atoms with van der Waals surface area (Å²) in [5.74, 6) is 0. The maximum Gasteiger partial charge on any atom is 0.238 e. The van der Waals surface area contributed by atoms with Crippen LogP contribution in [0.1, 0.15) is 12.0 Å². The molecule has 9 heteroatoms. The van der Waals surface area contributed by atoms with Gasteiger partial charge in [-0.3, -0.25) is 4.90 Å². The molecule has 0 amide bonds. The molecule has 0 saturated carbocycles. The minimum absolute atomic E-state index is 0.0582. The molecule has 29 heavy (non-hydrogen) atoms. The van der Waals surface area contributed by atoms with E-state index in [-0.39, 0.29) is 10.5 Å². The first kappa shape index (κ1) is 21.4. The predicted molar refractivity (Wildman–Crippen MR) is 116 cm³/mol. The zero-order valence-electron chi connectivity index (χ0n) is 16.0. The summed E-state index contributed by atoms with van der Waals surface area (Å²) in [5.41, 5.74) is 2.04. The second-order valence-corrected chi connectivity index (χ2v) is 8.95. The summed E-state index contributed by atoms with van der Waals surface area (Å²) in [7, 11) is -3.82. The molecule has 1 fully saturated rings. The van der Waals surface area contributed by atoms with Crippen molar-refractivity contribution in [2.45, 2.75) is 11.3 Å². The molecule has 0 spiro atoms. The number of primary sulfonamides is 1. The van der Waals surface area contributed by atoms with E-state index in [9.17, 15) is 13.7 Å². The van der Waals surface area contributed by atoms with Gasteiger partial charge in [-0.2, -0.15) is 5.26 Å². The fourth-order valence-electron chi connectivity index (χ4n) is 3.38. The number of halogens is 1. The number of benzene rings is 2. The Bertz CT molecular complexity index is 998. The highest BCUT2D eigenvalue weighted by molar-refractivity contribution is 7.89. The number of hydrogen-bond acceptors (Lipinski definition) is 6. The number of sulfonamides is 1. The maximum absolute atomic E-state index is 11.4. The first-order valence-corrected chi connectivity index (χ1v) is 11.3. The number of hydrogen-bond donors (Lipinski definition) is 2. The van der Waals surface area contributed by atoms with Gasteiger partial charge in [0.25, 0.3) is 0 Å². The van der Waals surface area contributed by atoms with Gasteiger partial charge in [0.15, 0.2) is 0 Å². The molecule has 1 saturated heterocycles. The molecule has 0 aromatic heterocycles. The Balaban J connectivity index is 1.44. The van der Waals surface area contributed by atoms with Crippen molar-refractivity contribution >= 4 is 33.0 Å². The highest BCUT2D eigenvalue weighted by Crippen LogP contribution is 2.21. The number of anilines is 2. The van der Waals surface area contributed by atoms with Gasteiger partial charge in [-0.1, -0.05) is 17.7 Å². The van der Waals surface area contributed by atoms with Crippen molar-refractivity contribution in [2.75, 3.05) is 49.5 Å². The van der Waals surface area contributed by atoms with Crippen LogP contribution in [0.2, 0.25) is 5.02 Å². The summed E-state index contributed by atoms with van der Waals surface area (Å²) in [6.07, 6.45) is 0.916. The third kappa shape index (κ3) is 5.84. The Morgan fingerprint density at radius 2 is 1.90 bits per heavy atom. The molecule has 3 N–H and O–H groups in total. The van der Waals surface area contributed by atoms with E-state index in [1.807, 2.05) is 24.3 Å². The monoisotopic (exact) mass is 433 g/mol. The smallest absolute Gasteiger partial charge is 0.238 e. The largest absolute Gasteiger partial charge is 0.384 e. The van der Waals surface area contributed by atoms with Gasteiger partial charge < -0.3 is 10.2 Å². The van der Waals surface area contributed by atoms with E-state index in [1.54, 1.807) is 6.07 Å². The van der Waals surface area contributed by atoms with Crippen LogP contribution in [0.15, 0.2) is 47.4 Å². The van der Waals surface area contributed by atoms with Crippen molar-refractivity contribution in [1.29, 1.82) is 5.26 Å². The molecule has 2 aromatic rings. The van der Waals surface area contributed by atoms with Gasteiger partial charge in [-0.25, -0.2) is 13.6 Å². The lowest BCUT2D eigenvalue weighted by molar-refractivity contribution is 0.257. The Labute approximate surface area is 176 Å². The number of rotatable bonds is 7. The van der Waals surface area contributed by atoms with Crippen molar-refractivity contribution in [2.24, 2.45) is 5.14 Å². The van der Waals surface area contributed by atoms with Crippen LogP contribution in [-0.4, -0.2) is 52.6 Å². The van der Waals surface area contributed by atoms with E-state index in [1.165, 1.54) is 12.1 Å². The second kappa shape index (κ2) is 9.46. The lowest BCUT2D eigenvalue weighted by Gasteiger charge is -2.36. The highest BCUT2D eigenvalue weighted by Gasteiger charge is 2.17. The molecular weight excluding hydrogens is 410 g/mol. The molecule has 1 heterocycles. The third-order valence-corrected chi connectivity index (χ3v) is 6.10. The molecule has 0 radical (unpaired) electrons. The molecule has 154 valence electrons. The Kier molecular flexibility index (Phi) is 6.98. The molecule has 0 unspecified atom stereocenters. The molecule has 7 nitrogen and oxygen atoms in total. The van der Waals surface area contributed by atoms with E-state index < -0.39 is 10.0 Å². The lowest BCUT2D eigenvalue weighted by atomic mass is 10.2. The highest BCUT2D eigenvalue weighted by atomic mass is 35.5. The van der Waals surface area contributed by atoms with E-state index in [0.717, 1.165) is 49.9 Å². The van der Waals surface area contributed by atoms with Crippen LogP contribution in [0.5, 0.6) is 0 Å². The van der Waals surface area contributed by atoms with E-state index in [2.05, 4.69) is 21.2 Å². The van der Waals surface area contributed by atoms with Crippen LogP contribution < -0.4 is 15.4 Å². The molecular formula is C20H24ClN5O2S. The summed E-state index contributed by atoms with van der Waals surface area (Å²) in [6, 6.07) is 14.2. The fourth-order valence-corrected chi connectivity index (χ4v) is 4.10. The van der Waals surface area contributed by atoms with Gasteiger partial charge in [0.1, 0.15) is 6.07 Å². The topological polar surface area (TPSA) is 102 Å². The summed E-state index contributed by atoms with van der Waals surface area (Å²) in [5, 5.41) is 18.3. The first-order chi connectivity index (χ1) is 13.9. The maximum atomic E-state index is 11.4. The molecule has 1 aliphatic rings. The van der Waals surface area contributed by atoms with Gasteiger partial charge >= 0.3 is 0 Å². The molecule has 1 aliphatic heterocycles. The third-order valence-electron chi connectivity index (χ3n) is 4.95. The van der Waals surface area contributed by atoms with Gasteiger partial charge in [0.05, 0.1) is 16.1 Å². The summed E-state index contributed by atoms with van der Waals surface area (Å²) >= 11 is 6.08. The summed E-state index contributed by atoms with van der Waals surface area (Å²) < 4.78 is 22.8. The van der Waals surface area contributed by atoms with Gasteiger partial charge in [-0.15, -0.1) is 0 Å². The quantitative estimate of drug-likeness (QED) is 0.650. The number of piperazine rings is 1. The van der Waals surface area contributed by atoms with Gasteiger partial charge in [-0.05, 0) is 49.4 Å². The van der Waals surface area contributed by atoms with Crippen LogP contribution >= 0.6 is 11.6 Å². The molecule has 3 rings (SSSR count). The lowest BCUT2D eigenvalue weighted by Crippen LogP contribution is -2.46. The normalized spacial score (nSPS) is 15.1. The number of nitrogens with two attached hydrogens (primary N) is 1. The first-order valence-electron chi connectivity index (χ1n) is 9.40. The summed E-state index contributed by atoms with van der Waals surface area (Å²) in [4.78, 5) is 4.70. The zero-order chi connectivity index (χ0) is 20.9. The standard InChI is InChI=1S/C20H24ClN5O2S/c21-17-3-1-4-18(14-17)26-11-9-25(10-12-26)8-2-7-24-20-6-5-19(29(23,27)28)13-16(20)15-22/h1,3-6,13-14,24H,2,7-12H2,(H2,23,27,28). The SMILES string of the molecule is N#Cc1cc(S(N)(=O)=O)ccc1NCCCN1CCN(c2cccc(Cl)c2)CC1. The number of nitriles is 1. The van der Waals surface area contributed by atoms with Crippen molar-refractivity contribution in [3.05, 3.63) is 53.1 Å². The predicted octanol–water partition coefficient (Wildman–Crippen LogP) is 2.48. The Hall–Kier alpha value is -2.31. The van der Waals surface area contributed by atoms with Crippen molar-refractivity contribution in [1.82, 2.24) is 4.90 Å². The number of nitrogens with zero attached hydrogens (tertiary/aromatic N) is 3. The van der Waals surface area contributed by atoms with Crippen LogP contribution in [0, 0.1) is 11.3 Å². The average molecular weight is 434 g/mol. The molecule has 0 bridgehead atoms. The molecule has 2 aromatic carbocycles. The Morgan fingerprint density at radius 1 is 1.14 bits per heavy atom. The van der Waals surface area contributed by atoms with Crippen LogP contribution in [0.25, 0.3) is 0 Å². The van der Waals surface area contributed by atoms with Crippen LogP contribution in [-0.2, 0) is 10.0 Å². The number of nitrogens with one attached hydrogen (secondary N) is 1. The second-order valence-electron chi connectivity index (χ2n) is 6.95. The van der Waals surface area contributed by atoms with Crippen LogP contribution in [0.3, 0.4) is 0 Å². The van der Waals surface area contributed by atoms with Crippen molar-refractivity contribution < 1.29 is 8.42 Å². The minimum atomic E-state index is -3.82. The fraction of sp³-hybridized carbons (Fsp3) is 0.350. The van der Waals surface area contributed by atoms with E-state index in [4.69, 9.17) is 16.7 Å². The molecule has 0 aliphatic carbocycles. The van der Waals surface area contributed by atoms with Crippen molar-refractivity contribution in [3.63, 3.8) is 0 Å². The van der Waals surface area contributed by atoms with Gasteiger partial charge in [0.2, 0.25) is 10.0 Å². The van der Waals surface area contributed by atoms with E-state index in [0.29, 0.717) is 12.2 Å². The molecule has 0 atom stereocenters. The average Bonchev–Trinajstić information content (AvgIpc) is 2.71. The van der Waals surface area contributed by atoms with Crippen molar-refractivity contribution in [3.8, 4) is 6.07 Å². The Morgan fingerprint density at radius 3 is 2.55 bits per heavy atom. The van der Waals surface area contributed by atoms with E-state index >= 15 is 0 Å². The van der Waals surface area contributed by atoms with Gasteiger partial charge in [0, 0.05) is 43.4 Å². The summed E-state index contributed by atoms with van der Waals surface area (Å²) in [6.45, 7) is 5.53. The minimum Gasteiger partial charge on any atom is -0.384 e. The zero-order valence-corrected chi connectivity index (χ0v) is 17.6.